The van der Waals surface area contributed by atoms with Crippen LogP contribution in [0.1, 0.15) is 5.56 Å². The first-order valence-corrected chi connectivity index (χ1v) is 5.38. The van der Waals surface area contributed by atoms with Crippen LogP contribution in [0.15, 0.2) is 53.0 Å². The summed E-state index contributed by atoms with van der Waals surface area (Å²) < 4.78 is 1.12. The molecule has 2 aromatic rings. The summed E-state index contributed by atoms with van der Waals surface area (Å²) in [6.45, 7) is 2.14. The van der Waals surface area contributed by atoms with Crippen LogP contribution >= 0.6 is 15.9 Å². The van der Waals surface area contributed by atoms with Crippen molar-refractivity contribution in [2.75, 3.05) is 0 Å². The van der Waals surface area contributed by atoms with E-state index >= 15 is 0 Å². The minimum absolute atomic E-state index is 1.12. The van der Waals surface area contributed by atoms with Crippen LogP contribution in [-0.2, 0) is 0 Å². The van der Waals surface area contributed by atoms with Crippen molar-refractivity contribution in [3.8, 4) is 11.1 Å². The smallest absolute Gasteiger partial charge is 0.0175 e. The van der Waals surface area contributed by atoms with Gasteiger partial charge in [-0.1, -0.05) is 52.3 Å². The normalized spacial score (nSPS) is 10.1. The third-order valence-corrected chi connectivity index (χ3v) is 2.83. The van der Waals surface area contributed by atoms with Gasteiger partial charge in [0.2, 0.25) is 0 Å². The maximum Gasteiger partial charge on any atom is 0.0175 e. The fourth-order valence-corrected chi connectivity index (χ4v) is 1.79. The Balaban J connectivity index is 2.50. The Labute approximate surface area is 92.7 Å². The second kappa shape index (κ2) is 3.97. The molecule has 0 saturated carbocycles. The Bertz CT molecular complexity index is 429. The van der Waals surface area contributed by atoms with Crippen LogP contribution in [-0.4, -0.2) is 0 Å². The number of aryl methyl sites for hydroxylation is 1. The highest BCUT2D eigenvalue weighted by Gasteiger charge is 1.99. The first-order valence-electron chi connectivity index (χ1n) is 4.59. The summed E-state index contributed by atoms with van der Waals surface area (Å²) in [5.41, 5.74) is 3.89. The van der Waals surface area contributed by atoms with E-state index in [9.17, 15) is 0 Å². The molecule has 14 heavy (non-hydrogen) atoms. The summed E-state index contributed by atoms with van der Waals surface area (Å²) in [7, 11) is 0. The fourth-order valence-electron chi connectivity index (χ4n) is 1.53. The molecule has 0 heterocycles. The number of hydrogen-bond acceptors (Lipinski definition) is 0. The van der Waals surface area contributed by atoms with Gasteiger partial charge in [-0.15, -0.1) is 0 Å². The van der Waals surface area contributed by atoms with E-state index in [1.807, 2.05) is 0 Å². The highest BCUT2D eigenvalue weighted by atomic mass is 79.9. The molecule has 0 bridgehead atoms. The molecule has 0 unspecified atom stereocenters. The van der Waals surface area contributed by atoms with Gasteiger partial charge in [-0.25, -0.2) is 0 Å². The zero-order valence-corrected chi connectivity index (χ0v) is 9.58. The Morgan fingerprint density at radius 1 is 0.857 bits per heavy atom. The van der Waals surface area contributed by atoms with Crippen molar-refractivity contribution in [1.82, 2.24) is 0 Å². The molecule has 0 atom stereocenters. The lowest BCUT2D eigenvalue weighted by Crippen LogP contribution is -1.81. The van der Waals surface area contributed by atoms with Crippen LogP contribution in [0.3, 0.4) is 0 Å². The van der Waals surface area contributed by atoms with Gasteiger partial charge in [-0.05, 0) is 35.7 Å². The molecule has 0 radical (unpaired) electrons. The van der Waals surface area contributed by atoms with Crippen molar-refractivity contribution in [3.05, 3.63) is 58.6 Å². The lowest BCUT2D eigenvalue weighted by Gasteiger charge is -2.05. The Morgan fingerprint density at radius 2 is 1.50 bits per heavy atom. The van der Waals surface area contributed by atoms with E-state index in [1.54, 1.807) is 0 Å². The molecule has 0 saturated heterocycles. The van der Waals surface area contributed by atoms with E-state index in [2.05, 4.69) is 71.4 Å². The van der Waals surface area contributed by atoms with Gasteiger partial charge in [0, 0.05) is 4.47 Å². The van der Waals surface area contributed by atoms with Gasteiger partial charge in [0.05, 0.1) is 0 Å². The van der Waals surface area contributed by atoms with E-state index in [1.165, 1.54) is 16.7 Å². The van der Waals surface area contributed by atoms with Crippen molar-refractivity contribution >= 4 is 15.9 Å². The first kappa shape index (κ1) is 9.47. The molecule has 70 valence electrons. The van der Waals surface area contributed by atoms with Crippen molar-refractivity contribution in [3.63, 3.8) is 0 Å². The number of halogens is 1. The molecule has 0 spiro atoms. The molecule has 2 rings (SSSR count). The van der Waals surface area contributed by atoms with Crippen LogP contribution in [0.2, 0.25) is 0 Å². The van der Waals surface area contributed by atoms with Crippen molar-refractivity contribution < 1.29 is 0 Å². The van der Waals surface area contributed by atoms with Gasteiger partial charge < -0.3 is 0 Å². The SMILES string of the molecule is Cc1ccccc1-c1ccc(Br)cc1. The van der Waals surface area contributed by atoms with Crippen molar-refractivity contribution in [1.29, 1.82) is 0 Å². The van der Waals surface area contributed by atoms with Gasteiger partial charge >= 0.3 is 0 Å². The second-order valence-corrected chi connectivity index (χ2v) is 4.24. The summed E-state index contributed by atoms with van der Waals surface area (Å²) in [6.07, 6.45) is 0. The van der Waals surface area contributed by atoms with Gasteiger partial charge in [-0.3, -0.25) is 0 Å². The standard InChI is InChI=1S/C13H11Br/c1-10-4-2-3-5-13(10)11-6-8-12(14)9-7-11/h2-9H,1H3. The van der Waals surface area contributed by atoms with E-state index in [4.69, 9.17) is 0 Å². The van der Waals surface area contributed by atoms with Crippen LogP contribution in [0, 0.1) is 6.92 Å². The summed E-state index contributed by atoms with van der Waals surface area (Å²) >= 11 is 3.44. The van der Waals surface area contributed by atoms with Crippen LogP contribution in [0.5, 0.6) is 0 Å². The predicted molar refractivity (Wildman–Crippen MR) is 64.3 cm³/mol. The van der Waals surface area contributed by atoms with Crippen LogP contribution < -0.4 is 0 Å². The summed E-state index contributed by atoms with van der Waals surface area (Å²) in [5.74, 6) is 0. The first-order chi connectivity index (χ1) is 6.77. The average molecular weight is 247 g/mol. The molecular weight excluding hydrogens is 236 g/mol. The van der Waals surface area contributed by atoms with E-state index in [-0.39, 0.29) is 0 Å². The van der Waals surface area contributed by atoms with Crippen molar-refractivity contribution in [2.24, 2.45) is 0 Å². The van der Waals surface area contributed by atoms with Crippen molar-refractivity contribution in [2.45, 2.75) is 6.92 Å². The minimum atomic E-state index is 1.12. The molecule has 0 aliphatic carbocycles. The second-order valence-electron chi connectivity index (χ2n) is 3.32. The Morgan fingerprint density at radius 3 is 2.14 bits per heavy atom. The molecular formula is C13H11Br. The Kier molecular flexibility index (Phi) is 2.69. The van der Waals surface area contributed by atoms with Gasteiger partial charge in [0.1, 0.15) is 0 Å². The molecule has 0 fully saturated rings. The van der Waals surface area contributed by atoms with Gasteiger partial charge in [0.25, 0.3) is 0 Å². The quantitative estimate of drug-likeness (QED) is 0.699. The maximum atomic E-state index is 3.44. The fraction of sp³-hybridized carbons (Fsp3) is 0.0769. The molecule has 0 N–H and O–H groups in total. The molecule has 0 nitrogen and oxygen atoms in total. The highest BCUT2D eigenvalue weighted by molar-refractivity contribution is 9.10. The largest absolute Gasteiger partial charge is 0.0620 e. The van der Waals surface area contributed by atoms with E-state index < -0.39 is 0 Å². The zero-order valence-electron chi connectivity index (χ0n) is 8.00. The molecule has 0 aliphatic heterocycles. The van der Waals surface area contributed by atoms with Crippen LogP contribution in [0.25, 0.3) is 11.1 Å². The Hall–Kier alpha value is -1.08. The minimum Gasteiger partial charge on any atom is -0.0620 e. The number of hydrogen-bond donors (Lipinski definition) is 0. The lowest BCUT2D eigenvalue weighted by atomic mass is 10.0. The van der Waals surface area contributed by atoms with Gasteiger partial charge in [-0.2, -0.15) is 0 Å². The monoisotopic (exact) mass is 246 g/mol. The van der Waals surface area contributed by atoms with E-state index in [0.717, 1.165) is 4.47 Å². The summed E-state index contributed by atoms with van der Waals surface area (Å²) in [5, 5.41) is 0. The van der Waals surface area contributed by atoms with Crippen LogP contribution in [0.4, 0.5) is 0 Å². The average Bonchev–Trinajstić information content (AvgIpc) is 2.20. The number of benzene rings is 2. The summed E-state index contributed by atoms with van der Waals surface area (Å²) in [6, 6.07) is 16.8. The number of rotatable bonds is 1. The lowest BCUT2D eigenvalue weighted by molar-refractivity contribution is 1.46. The topological polar surface area (TPSA) is 0 Å². The molecule has 1 heteroatoms. The molecule has 0 aromatic heterocycles. The highest BCUT2D eigenvalue weighted by Crippen LogP contribution is 2.24. The maximum absolute atomic E-state index is 3.44. The third-order valence-electron chi connectivity index (χ3n) is 2.30. The van der Waals surface area contributed by atoms with E-state index in [0.29, 0.717) is 0 Å². The third kappa shape index (κ3) is 1.88. The molecule has 0 aliphatic rings. The van der Waals surface area contributed by atoms with Gasteiger partial charge in [0.15, 0.2) is 0 Å². The molecule has 0 amide bonds. The summed E-state index contributed by atoms with van der Waals surface area (Å²) in [4.78, 5) is 0. The zero-order chi connectivity index (χ0) is 9.97. The molecule has 2 aromatic carbocycles. The predicted octanol–water partition coefficient (Wildman–Crippen LogP) is 4.42.